The van der Waals surface area contributed by atoms with Gasteiger partial charge in [-0.15, -0.1) is 0 Å². The van der Waals surface area contributed by atoms with Crippen molar-refractivity contribution in [3.63, 3.8) is 0 Å². The first-order valence-electron chi connectivity index (χ1n) is 6.24. The third kappa shape index (κ3) is 3.14. The second kappa shape index (κ2) is 6.57. The highest BCUT2D eigenvalue weighted by Crippen LogP contribution is 2.32. The van der Waals surface area contributed by atoms with Crippen LogP contribution in [0.2, 0.25) is 0 Å². The molecule has 0 spiro atoms. The Morgan fingerprint density at radius 3 is 2.41 bits per heavy atom. The van der Waals surface area contributed by atoms with E-state index < -0.39 is 10.9 Å². The van der Waals surface area contributed by atoms with Crippen LogP contribution in [0.3, 0.4) is 0 Å². The SMILES string of the molecule is COc1ccc(OC(=O)c2ccccc2OC)c([N+](=O)[O-])c1. The maximum Gasteiger partial charge on any atom is 0.347 e. The standard InChI is InChI=1S/C15H13NO6/c1-20-10-7-8-14(12(9-10)16(18)19)22-15(17)11-5-3-4-6-13(11)21-2/h3-9H,1-2H3. The first kappa shape index (κ1) is 15.3. The van der Waals surface area contributed by atoms with Crippen LogP contribution in [0.1, 0.15) is 10.4 Å². The average molecular weight is 303 g/mol. The summed E-state index contributed by atoms with van der Waals surface area (Å²) in [6.45, 7) is 0. The van der Waals surface area contributed by atoms with E-state index in [0.717, 1.165) is 0 Å². The van der Waals surface area contributed by atoms with Gasteiger partial charge in [0.05, 0.1) is 25.2 Å². The van der Waals surface area contributed by atoms with E-state index in [4.69, 9.17) is 14.2 Å². The zero-order valence-electron chi connectivity index (χ0n) is 11.9. The molecule has 0 bridgehead atoms. The van der Waals surface area contributed by atoms with E-state index in [1.54, 1.807) is 18.2 Å². The van der Waals surface area contributed by atoms with Crippen molar-refractivity contribution >= 4 is 11.7 Å². The van der Waals surface area contributed by atoms with Crippen LogP contribution in [0.25, 0.3) is 0 Å². The van der Waals surface area contributed by atoms with Crippen LogP contribution in [0.4, 0.5) is 5.69 Å². The second-order valence-corrected chi connectivity index (χ2v) is 4.18. The largest absolute Gasteiger partial charge is 0.496 e. The van der Waals surface area contributed by atoms with Crippen LogP contribution in [-0.4, -0.2) is 25.1 Å². The number of hydrogen-bond donors (Lipinski definition) is 0. The quantitative estimate of drug-likeness (QED) is 0.365. The molecule has 0 aliphatic heterocycles. The molecule has 0 fully saturated rings. The Bertz CT molecular complexity index is 713. The number of carbonyl (C=O) groups excluding carboxylic acids is 1. The Hall–Kier alpha value is -3.09. The normalized spacial score (nSPS) is 9.91. The van der Waals surface area contributed by atoms with Crippen LogP contribution in [0.15, 0.2) is 42.5 Å². The molecule has 0 saturated heterocycles. The topological polar surface area (TPSA) is 87.9 Å². The van der Waals surface area contributed by atoms with Crippen LogP contribution >= 0.6 is 0 Å². The summed E-state index contributed by atoms with van der Waals surface area (Å²) in [6, 6.07) is 10.4. The molecule has 2 aromatic carbocycles. The molecule has 0 aliphatic rings. The fourth-order valence-corrected chi connectivity index (χ4v) is 1.82. The molecule has 0 unspecified atom stereocenters. The summed E-state index contributed by atoms with van der Waals surface area (Å²) in [5, 5.41) is 11.1. The van der Waals surface area contributed by atoms with E-state index in [-0.39, 0.29) is 17.0 Å². The van der Waals surface area contributed by atoms with E-state index in [1.807, 2.05) is 0 Å². The van der Waals surface area contributed by atoms with Crippen molar-refractivity contribution in [2.75, 3.05) is 14.2 Å². The summed E-state index contributed by atoms with van der Waals surface area (Å²) in [5.41, 5.74) is -0.183. The number of carbonyl (C=O) groups is 1. The number of rotatable bonds is 5. The number of ether oxygens (including phenoxy) is 3. The predicted molar refractivity (Wildman–Crippen MR) is 77.6 cm³/mol. The minimum Gasteiger partial charge on any atom is -0.496 e. The number of esters is 1. The van der Waals surface area contributed by atoms with E-state index >= 15 is 0 Å². The third-order valence-electron chi connectivity index (χ3n) is 2.89. The van der Waals surface area contributed by atoms with Gasteiger partial charge in [-0.2, -0.15) is 0 Å². The number of nitro groups is 1. The predicted octanol–water partition coefficient (Wildman–Crippen LogP) is 2.83. The van der Waals surface area contributed by atoms with Crippen molar-refractivity contribution in [1.29, 1.82) is 0 Å². The maximum atomic E-state index is 12.2. The molecular weight excluding hydrogens is 290 g/mol. The molecule has 0 radical (unpaired) electrons. The van der Waals surface area contributed by atoms with Crippen molar-refractivity contribution < 1.29 is 23.9 Å². The monoisotopic (exact) mass is 303 g/mol. The highest BCUT2D eigenvalue weighted by atomic mass is 16.6. The van der Waals surface area contributed by atoms with Gasteiger partial charge in [0.1, 0.15) is 17.1 Å². The lowest BCUT2D eigenvalue weighted by atomic mass is 10.2. The molecule has 0 aromatic heterocycles. The Morgan fingerprint density at radius 2 is 1.77 bits per heavy atom. The van der Waals surface area contributed by atoms with Crippen LogP contribution in [0.5, 0.6) is 17.2 Å². The van der Waals surface area contributed by atoms with Gasteiger partial charge in [-0.3, -0.25) is 10.1 Å². The number of para-hydroxylation sites is 1. The smallest absolute Gasteiger partial charge is 0.347 e. The molecule has 2 rings (SSSR count). The van der Waals surface area contributed by atoms with E-state index in [0.29, 0.717) is 11.5 Å². The molecule has 7 nitrogen and oxygen atoms in total. The zero-order valence-corrected chi connectivity index (χ0v) is 11.9. The average Bonchev–Trinajstić information content (AvgIpc) is 2.54. The number of benzene rings is 2. The lowest BCUT2D eigenvalue weighted by Gasteiger charge is -2.09. The maximum absolute atomic E-state index is 12.2. The van der Waals surface area contributed by atoms with Gasteiger partial charge in [0.25, 0.3) is 0 Å². The molecule has 2 aromatic rings. The number of methoxy groups -OCH3 is 2. The van der Waals surface area contributed by atoms with Gasteiger partial charge in [0.15, 0.2) is 0 Å². The number of hydrogen-bond acceptors (Lipinski definition) is 6. The van der Waals surface area contributed by atoms with E-state index in [1.165, 1.54) is 38.5 Å². The third-order valence-corrected chi connectivity index (χ3v) is 2.89. The number of nitro benzene ring substituents is 1. The summed E-state index contributed by atoms with van der Waals surface area (Å²) in [6.07, 6.45) is 0. The second-order valence-electron chi connectivity index (χ2n) is 4.18. The van der Waals surface area contributed by atoms with Crippen molar-refractivity contribution in [2.45, 2.75) is 0 Å². The van der Waals surface area contributed by atoms with Crippen LogP contribution in [-0.2, 0) is 0 Å². The van der Waals surface area contributed by atoms with Gasteiger partial charge in [-0.1, -0.05) is 12.1 Å². The lowest BCUT2D eigenvalue weighted by Crippen LogP contribution is -2.11. The Kier molecular flexibility index (Phi) is 4.57. The molecule has 114 valence electrons. The molecule has 0 aliphatic carbocycles. The molecule has 0 atom stereocenters. The first-order chi connectivity index (χ1) is 10.6. The van der Waals surface area contributed by atoms with Crippen molar-refractivity contribution in [2.24, 2.45) is 0 Å². The minimum atomic E-state index is -0.745. The van der Waals surface area contributed by atoms with Gasteiger partial charge >= 0.3 is 11.7 Å². The Morgan fingerprint density at radius 1 is 1.05 bits per heavy atom. The highest BCUT2D eigenvalue weighted by molar-refractivity contribution is 5.94. The molecule has 22 heavy (non-hydrogen) atoms. The Labute approximate surface area is 126 Å². The fraction of sp³-hybridized carbons (Fsp3) is 0.133. The molecule has 0 N–H and O–H groups in total. The van der Waals surface area contributed by atoms with Crippen LogP contribution < -0.4 is 14.2 Å². The lowest BCUT2D eigenvalue weighted by molar-refractivity contribution is -0.385. The first-order valence-corrected chi connectivity index (χ1v) is 6.24. The summed E-state index contributed by atoms with van der Waals surface area (Å²) in [4.78, 5) is 22.6. The Balaban J connectivity index is 2.34. The summed E-state index contributed by atoms with van der Waals surface area (Å²) < 4.78 is 15.1. The molecule has 0 heterocycles. The zero-order chi connectivity index (χ0) is 16.1. The minimum absolute atomic E-state index is 0.165. The van der Waals surface area contributed by atoms with Crippen molar-refractivity contribution in [3.05, 3.63) is 58.1 Å². The van der Waals surface area contributed by atoms with Gasteiger partial charge in [-0.25, -0.2) is 4.79 Å². The summed E-state index contributed by atoms with van der Waals surface area (Å²) >= 11 is 0. The van der Waals surface area contributed by atoms with Gasteiger partial charge in [0, 0.05) is 0 Å². The number of nitrogens with zero attached hydrogens (tertiary/aromatic N) is 1. The molecular formula is C15H13NO6. The molecule has 0 amide bonds. The molecule has 7 heteroatoms. The summed E-state index contributed by atoms with van der Waals surface area (Å²) in [5.74, 6) is -0.292. The highest BCUT2D eigenvalue weighted by Gasteiger charge is 2.21. The van der Waals surface area contributed by atoms with Gasteiger partial charge in [-0.05, 0) is 24.3 Å². The van der Waals surface area contributed by atoms with Crippen LogP contribution in [0, 0.1) is 10.1 Å². The summed E-state index contributed by atoms with van der Waals surface area (Å²) in [7, 11) is 2.81. The van der Waals surface area contributed by atoms with E-state index in [9.17, 15) is 14.9 Å². The molecule has 0 saturated carbocycles. The van der Waals surface area contributed by atoms with Crippen molar-refractivity contribution in [3.8, 4) is 17.2 Å². The van der Waals surface area contributed by atoms with E-state index in [2.05, 4.69) is 0 Å². The van der Waals surface area contributed by atoms with Gasteiger partial charge in [0.2, 0.25) is 5.75 Å². The van der Waals surface area contributed by atoms with Crippen molar-refractivity contribution in [1.82, 2.24) is 0 Å². The van der Waals surface area contributed by atoms with Gasteiger partial charge < -0.3 is 14.2 Å². The fourth-order valence-electron chi connectivity index (χ4n) is 1.82.